The largest absolute Gasteiger partial charge is 0.384 e. The lowest BCUT2D eigenvalue weighted by Gasteiger charge is -2.08. The predicted molar refractivity (Wildman–Crippen MR) is 67.2 cm³/mol. The van der Waals surface area contributed by atoms with Crippen LogP contribution in [0.15, 0.2) is 42.6 Å². The molecule has 82 valence electrons. The van der Waals surface area contributed by atoms with E-state index in [4.69, 9.17) is 5.73 Å². The number of benzene rings is 1. The van der Waals surface area contributed by atoms with E-state index in [0.29, 0.717) is 5.82 Å². The second kappa shape index (κ2) is 4.66. The van der Waals surface area contributed by atoms with Crippen molar-refractivity contribution < 1.29 is 0 Å². The monoisotopic (exact) mass is 213 g/mol. The van der Waals surface area contributed by atoms with Crippen LogP contribution >= 0.6 is 0 Å². The van der Waals surface area contributed by atoms with E-state index in [9.17, 15) is 0 Å². The molecule has 0 radical (unpaired) electrons. The number of nitrogens with one attached hydrogen (secondary N) is 1. The SMILES string of the molecule is Cc1ccccc1NCc1ccc(N)nc1. The summed E-state index contributed by atoms with van der Waals surface area (Å²) in [5.41, 5.74) is 9.04. The molecule has 16 heavy (non-hydrogen) atoms. The number of nitrogen functional groups attached to an aromatic ring is 1. The van der Waals surface area contributed by atoms with E-state index in [1.807, 2.05) is 24.3 Å². The van der Waals surface area contributed by atoms with Gasteiger partial charge in [-0.1, -0.05) is 24.3 Å². The van der Waals surface area contributed by atoms with Gasteiger partial charge >= 0.3 is 0 Å². The summed E-state index contributed by atoms with van der Waals surface area (Å²) in [6.07, 6.45) is 1.79. The maximum atomic E-state index is 5.53. The van der Waals surface area contributed by atoms with Crippen LogP contribution in [0, 0.1) is 6.92 Å². The Morgan fingerprint density at radius 2 is 2.00 bits per heavy atom. The number of pyridine rings is 1. The quantitative estimate of drug-likeness (QED) is 0.824. The Hall–Kier alpha value is -2.03. The third-order valence-corrected chi connectivity index (χ3v) is 2.48. The number of nitrogens with two attached hydrogens (primary N) is 1. The van der Waals surface area contributed by atoms with Crippen molar-refractivity contribution in [2.75, 3.05) is 11.1 Å². The fourth-order valence-corrected chi connectivity index (χ4v) is 1.51. The van der Waals surface area contributed by atoms with Gasteiger partial charge in [0.1, 0.15) is 5.82 Å². The highest BCUT2D eigenvalue weighted by Crippen LogP contribution is 2.14. The summed E-state index contributed by atoms with van der Waals surface area (Å²) in [5, 5.41) is 3.37. The Bertz CT molecular complexity index is 463. The van der Waals surface area contributed by atoms with E-state index in [1.54, 1.807) is 6.20 Å². The van der Waals surface area contributed by atoms with Crippen molar-refractivity contribution in [3.05, 3.63) is 53.7 Å². The summed E-state index contributed by atoms with van der Waals surface area (Å²) in [4.78, 5) is 4.05. The van der Waals surface area contributed by atoms with Gasteiger partial charge in [-0.05, 0) is 30.2 Å². The highest BCUT2D eigenvalue weighted by Gasteiger charge is 1.97. The molecule has 0 aliphatic heterocycles. The third kappa shape index (κ3) is 2.51. The molecule has 0 amide bonds. The lowest BCUT2D eigenvalue weighted by molar-refractivity contribution is 1.11. The summed E-state index contributed by atoms with van der Waals surface area (Å²) >= 11 is 0. The molecular weight excluding hydrogens is 198 g/mol. The molecule has 1 aromatic heterocycles. The maximum absolute atomic E-state index is 5.53. The standard InChI is InChI=1S/C13H15N3/c1-10-4-2-3-5-12(10)15-8-11-6-7-13(14)16-9-11/h2-7,9,15H,8H2,1H3,(H2,14,16). The van der Waals surface area contributed by atoms with Crippen molar-refractivity contribution in [2.24, 2.45) is 0 Å². The van der Waals surface area contributed by atoms with Crippen LogP contribution < -0.4 is 11.1 Å². The van der Waals surface area contributed by atoms with Crippen LogP contribution in [0.25, 0.3) is 0 Å². The lowest BCUT2D eigenvalue weighted by Crippen LogP contribution is -2.01. The molecule has 2 aromatic rings. The number of rotatable bonds is 3. The molecule has 0 atom stereocenters. The summed E-state index contributed by atoms with van der Waals surface area (Å²) in [6.45, 7) is 2.85. The smallest absolute Gasteiger partial charge is 0.123 e. The average Bonchev–Trinajstić information content (AvgIpc) is 2.30. The summed E-state index contributed by atoms with van der Waals surface area (Å²) in [6, 6.07) is 12.0. The van der Waals surface area contributed by atoms with Crippen molar-refractivity contribution in [1.29, 1.82) is 0 Å². The molecule has 3 N–H and O–H groups in total. The summed E-state index contributed by atoms with van der Waals surface area (Å²) in [5.74, 6) is 0.555. The molecule has 0 fully saturated rings. The Labute approximate surface area is 95.3 Å². The molecular formula is C13H15N3. The van der Waals surface area contributed by atoms with Crippen LogP contribution in [-0.2, 0) is 6.54 Å². The second-order valence-corrected chi connectivity index (χ2v) is 3.76. The van der Waals surface area contributed by atoms with Gasteiger partial charge in [0.15, 0.2) is 0 Å². The molecule has 3 heteroatoms. The van der Waals surface area contributed by atoms with E-state index in [0.717, 1.165) is 17.8 Å². The molecule has 0 saturated carbocycles. The van der Waals surface area contributed by atoms with Gasteiger partial charge in [0.2, 0.25) is 0 Å². The average molecular weight is 213 g/mol. The van der Waals surface area contributed by atoms with Crippen LogP contribution in [0.5, 0.6) is 0 Å². The van der Waals surface area contributed by atoms with E-state index in [2.05, 4.69) is 29.4 Å². The van der Waals surface area contributed by atoms with Crippen molar-refractivity contribution in [1.82, 2.24) is 4.98 Å². The van der Waals surface area contributed by atoms with Crippen molar-refractivity contribution >= 4 is 11.5 Å². The number of aryl methyl sites for hydroxylation is 1. The molecule has 2 rings (SSSR count). The van der Waals surface area contributed by atoms with Gasteiger partial charge in [-0.3, -0.25) is 0 Å². The molecule has 0 aliphatic carbocycles. The van der Waals surface area contributed by atoms with Crippen molar-refractivity contribution in [2.45, 2.75) is 13.5 Å². The minimum Gasteiger partial charge on any atom is -0.384 e. The van der Waals surface area contributed by atoms with E-state index in [1.165, 1.54) is 5.56 Å². The number of nitrogens with zero attached hydrogens (tertiary/aromatic N) is 1. The van der Waals surface area contributed by atoms with E-state index in [-0.39, 0.29) is 0 Å². The minimum atomic E-state index is 0.555. The lowest BCUT2D eigenvalue weighted by atomic mass is 10.2. The molecule has 0 unspecified atom stereocenters. The zero-order chi connectivity index (χ0) is 11.4. The molecule has 0 saturated heterocycles. The molecule has 1 heterocycles. The van der Waals surface area contributed by atoms with Crippen LogP contribution in [0.2, 0.25) is 0 Å². The topological polar surface area (TPSA) is 50.9 Å². The highest BCUT2D eigenvalue weighted by molar-refractivity contribution is 5.50. The fourth-order valence-electron chi connectivity index (χ4n) is 1.51. The zero-order valence-corrected chi connectivity index (χ0v) is 9.27. The molecule has 3 nitrogen and oxygen atoms in total. The van der Waals surface area contributed by atoms with Gasteiger partial charge < -0.3 is 11.1 Å². The highest BCUT2D eigenvalue weighted by atomic mass is 14.9. The first-order chi connectivity index (χ1) is 7.75. The normalized spacial score (nSPS) is 10.1. The number of hydrogen-bond acceptors (Lipinski definition) is 3. The van der Waals surface area contributed by atoms with E-state index >= 15 is 0 Å². The molecule has 0 spiro atoms. The first-order valence-electron chi connectivity index (χ1n) is 5.25. The first kappa shape index (κ1) is 10.5. The van der Waals surface area contributed by atoms with Crippen LogP contribution in [0.3, 0.4) is 0 Å². The van der Waals surface area contributed by atoms with Gasteiger partial charge in [0, 0.05) is 18.4 Å². The molecule has 1 aromatic carbocycles. The Morgan fingerprint density at radius 3 is 2.69 bits per heavy atom. The van der Waals surface area contributed by atoms with Crippen molar-refractivity contribution in [3.63, 3.8) is 0 Å². The first-order valence-corrected chi connectivity index (χ1v) is 5.25. The van der Waals surface area contributed by atoms with Crippen LogP contribution in [0.1, 0.15) is 11.1 Å². The fraction of sp³-hybridized carbons (Fsp3) is 0.154. The van der Waals surface area contributed by atoms with Crippen molar-refractivity contribution in [3.8, 4) is 0 Å². The number of anilines is 2. The second-order valence-electron chi connectivity index (χ2n) is 3.76. The zero-order valence-electron chi connectivity index (χ0n) is 9.27. The predicted octanol–water partition coefficient (Wildman–Crippen LogP) is 2.58. The van der Waals surface area contributed by atoms with Gasteiger partial charge in [-0.15, -0.1) is 0 Å². The summed E-state index contributed by atoms with van der Waals surface area (Å²) in [7, 11) is 0. The third-order valence-electron chi connectivity index (χ3n) is 2.48. The maximum Gasteiger partial charge on any atom is 0.123 e. The Kier molecular flexibility index (Phi) is 3.05. The number of hydrogen-bond donors (Lipinski definition) is 2. The minimum absolute atomic E-state index is 0.555. The van der Waals surface area contributed by atoms with E-state index < -0.39 is 0 Å². The van der Waals surface area contributed by atoms with Gasteiger partial charge in [-0.25, -0.2) is 4.98 Å². The van der Waals surface area contributed by atoms with Crippen LogP contribution in [-0.4, -0.2) is 4.98 Å². The number of para-hydroxylation sites is 1. The van der Waals surface area contributed by atoms with Crippen LogP contribution in [0.4, 0.5) is 11.5 Å². The Morgan fingerprint density at radius 1 is 1.19 bits per heavy atom. The molecule has 0 aliphatic rings. The summed E-state index contributed by atoms with van der Waals surface area (Å²) < 4.78 is 0. The van der Waals surface area contributed by atoms with Gasteiger partial charge in [0.05, 0.1) is 0 Å². The van der Waals surface area contributed by atoms with Gasteiger partial charge in [-0.2, -0.15) is 0 Å². The molecule has 0 bridgehead atoms. The van der Waals surface area contributed by atoms with Gasteiger partial charge in [0.25, 0.3) is 0 Å². The Balaban J connectivity index is 2.02. The number of aromatic nitrogens is 1.